The number of benzene rings is 3. The van der Waals surface area contributed by atoms with Crippen LogP contribution in [0.15, 0.2) is 108 Å². The first-order chi connectivity index (χ1) is 17.1. The molecule has 7 heteroatoms. The zero-order chi connectivity index (χ0) is 24.4. The molecule has 2 aliphatic rings. The van der Waals surface area contributed by atoms with Crippen LogP contribution < -0.4 is 0 Å². The second kappa shape index (κ2) is 9.76. The Balaban J connectivity index is 1.41. The van der Waals surface area contributed by atoms with E-state index in [2.05, 4.69) is 11.6 Å². The van der Waals surface area contributed by atoms with E-state index in [0.29, 0.717) is 11.5 Å². The van der Waals surface area contributed by atoms with E-state index in [-0.39, 0.29) is 11.8 Å². The maximum atomic E-state index is 13.6. The SMILES string of the molecule is C=C(CCl)C(C(=O)OC(c1ccccc1)c1ccccc1)N1C(=O)C2N=C(c3ccccc3)O[C@H]21. The molecule has 6 nitrogen and oxygen atoms in total. The first-order valence-electron chi connectivity index (χ1n) is 11.2. The molecule has 0 aliphatic carbocycles. The minimum absolute atomic E-state index is 0.0192. The molecule has 0 bridgehead atoms. The molecule has 35 heavy (non-hydrogen) atoms. The molecule has 2 heterocycles. The van der Waals surface area contributed by atoms with Crippen molar-refractivity contribution in [2.45, 2.75) is 24.4 Å². The van der Waals surface area contributed by atoms with Crippen molar-refractivity contribution in [1.82, 2.24) is 4.90 Å². The molecule has 1 amide bonds. The fourth-order valence-electron chi connectivity index (χ4n) is 4.29. The number of nitrogens with zero attached hydrogens (tertiary/aromatic N) is 2. The molecule has 3 aromatic rings. The van der Waals surface area contributed by atoms with Crippen LogP contribution in [-0.4, -0.2) is 46.9 Å². The number of halogens is 1. The summed E-state index contributed by atoms with van der Waals surface area (Å²) < 4.78 is 12.0. The number of fused-ring (bicyclic) bond motifs is 1. The molecular formula is C28H23ClN2O4. The first kappa shape index (κ1) is 22.9. The molecular weight excluding hydrogens is 464 g/mol. The second-order valence-electron chi connectivity index (χ2n) is 8.33. The predicted molar refractivity (Wildman–Crippen MR) is 133 cm³/mol. The van der Waals surface area contributed by atoms with Gasteiger partial charge in [-0.25, -0.2) is 9.79 Å². The number of carbonyl (C=O) groups excluding carboxylic acids is 2. The molecule has 2 unspecified atom stereocenters. The number of alkyl halides is 1. The average Bonchev–Trinajstić information content (AvgIpc) is 3.31. The molecule has 1 saturated heterocycles. The van der Waals surface area contributed by atoms with E-state index in [1.54, 1.807) is 0 Å². The summed E-state index contributed by atoms with van der Waals surface area (Å²) in [5, 5.41) is 0. The van der Waals surface area contributed by atoms with Gasteiger partial charge in [-0.2, -0.15) is 0 Å². The lowest BCUT2D eigenvalue weighted by molar-refractivity contribution is -0.178. The van der Waals surface area contributed by atoms with E-state index in [1.807, 2.05) is 91.0 Å². The lowest BCUT2D eigenvalue weighted by Crippen LogP contribution is -2.68. The summed E-state index contributed by atoms with van der Waals surface area (Å²) in [6.45, 7) is 3.96. The quantitative estimate of drug-likeness (QED) is 0.203. The third-order valence-corrected chi connectivity index (χ3v) is 6.40. The number of aliphatic imine (C=N–C) groups is 1. The van der Waals surface area contributed by atoms with Crippen molar-refractivity contribution in [3.8, 4) is 0 Å². The summed E-state index contributed by atoms with van der Waals surface area (Å²) in [4.78, 5) is 32.4. The standard InChI is InChI=1S/C28H23ClN2O4/c1-18(17-29)23(31-26(32)22-27(31)35-25(30-22)21-15-9-4-10-16-21)28(33)34-24(19-11-5-2-6-12-19)20-13-7-3-8-14-20/h2-16,22-24,27H,1,17H2/t22?,23?,27-/m1/s1. The molecule has 0 spiro atoms. The van der Waals surface area contributed by atoms with Gasteiger partial charge in [-0.1, -0.05) is 85.4 Å². The molecule has 176 valence electrons. The van der Waals surface area contributed by atoms with Crippen molar-refractivity contribution in [1.29, 1.82) is 0 Å². The summed E-state index contributed by atoms with van der Waals surface area (Å²) in [6, 6.07) is 26.4. The minimum Gasteiger partial charge on any atom is -0.451 e. The number of likely N-dealkylation sites (tertiary alicyclic amines) is 1. The number of rotatable bonds is 8. The Bertz CT molecular complexity index is 1220. The summed E-state index contributed by atoms with van der Waals surface area (Å²) >= 11 is 6.09. The third kappa shape index (κ3) is 4.33. The fraction of sp³-hybridized carbons (Fsp3) is 0.179. The first-order valence-corrected chi connectivity index (χ1v) is 11.8. The maximum Gasteiger partial charge on any atom is 0.334 e. The molecule has 3 aromatic carbocycles. The maximum absolute atomic E-state index is 13.6. The van der Waals surface area contributed by atoms with Crippen molar-refractivity contribution in [3.63, 3.8) is 0 Å². The summed E-state index contributed by atoms with van der Waals surface area (Å²) in [5.41, 5.74) is 2.72. The van der Waals surface area contributed by atoms with Crippen molar-refractivity contribution in [3.05, 3.63) is 120 Å². The van der Waals surface area contributed by atoms with Gasteiger partial charge >= 0.3 is 5.97 Å². The highest BCUT2D eigenvalue weighted by molar-refractivity contribution is 6.20. The zero-order valence-electron chi connectivity index (χ0n) is 18.8. The van der Waals surface area contributed by atoms with Crippen molar-refractivity contribution < 1.29 is 19.1 Å². The number of carbonyl (C=O) groups is 2. The fourth-order valence-corrected chi connectivity index (χ4v) is 4.44. The highest BCUT2D eigenvalue weighted by Gasteiger charge is 2.58. The Hall–Kier alpha value is -3.90. The van der Waals surface area contributed by atoms with Crippen LogP contribution in [0.5, 0.6) is 0 Å². The van der Waals surface area contributed by atoms with Gasteiger partial charge in [0.2, 0.25) is 12.1 Å². The van der Waals surface area contributed by atoms with Gasteiger partial charge in [-0.3, -0.25) is 9.69 Å². The van der Waals surface area contributed by atoms with Gasteiger partial charge in [0.05, 0.1) is 0 Å². The van der Waals surface area contributed by atoms with E-state index in [9.17, 15) is 9.59 Å². The number of ether oxygens (including phenoxy) is 2. The topological polar surface area (TPSA) is 68.2 Å². The molecule has 0 N–H and O–H groups in total. The Kier molecular flexibility index (Phi) is 6.38. The minimum atomic E-state index is -1.10. The Morgan fingerprint density at radius 2 is 1.51 bits per heavy atom. The number of amides is 1. The lowest BCUT2D eigenvalue weighted by Gasteiger charge is -2.44. The Morgan fingerprint density at radius 3 is 2.06 bits per heavy atom. The van der Waals surface area contributed by atoms with E-state index >= 15 is 0 Å². The van der Waals surface area contributed by atoms with Crippen LogP contribution >= 0.6 is 11.6 Å². The monoisotopic (exact) mass is 486 g/mol. The molecule has 0 aromatic heterocycles. The van der Waals surface area contributed by atoms with Crippen molar-refractivity contribution in [2.24, 2.45) is 4.99 Å². The normalized spacial score (nSPS) is 19.3. The number of esters is 1. The van der Waals surface area contributed by atoms with Gasteiger partial charge in [0, 0.05) is 11.4 Å². The van der Waals surface area contributed by atoms with E-state index in [4.69, 9.17) is 21.1 Å². The zero-order valence-corrected chi connectivity index (χ0v) is 19.5. The van der Waals surface area contributed by atoms with Crippen LogP contribution in [0.25, 0.3) is 0 Å². The number of hydrogen-bond acceptors (Lipinski definition) is 5. The van der Waals surface area contributed by atoms with Crippen molar-refractivity contribution in [2.75, 3.05) is 5.88 Å². The van der Waals surface area contributed by atoms with Crippen LogP contribution in [0, 0.1) is 0 Å². The third-order valence-electron chi connectivity index (χ3n) is 6.06. The Labute approximate surface area is 208 Å². The average molecular weight is 487 g/mol. The Morgan fingerprint density at radius 1 is 0.971 bits per heavy atom. The van der Waals surface area contributed by atoms with Gasteiger partial charge in [0.25, 0.3) is 5.91 Å². The van der Waals surface area contributed by atoms with Crippen LogP contribution in [0.3, 0.4) is 0 Å². The predicted octanol–water partition coefficient (Wildman–Crippen LogP) is 4.50. The highest BCUT2D eigenvalue weighted by Crippen LogP contribution is 2.36. The van der Waals surface area contributed by atoms with Gasteiger partial charge in [-0.05, 0) is 28.8 Å². The van der Waals surface area contributed by atoms with Gasteiger partial charge < -0.3 is 9.47 Å². The smallest absolute Gasteiger partial charge is 0.334 e. The molecule has 5 rings (SSSR count). The molecule has 2 aliphatic heterocycles. The largest absolute Gasteiger partial charge is 0.451 e. The van der Waals surface area contributed by atoms with Gasteiger partial charge in [0.15, 0.2) is 18.2 Å². The van der Waals surface area contributed by atoms with E-state index in [1.165, 1.54) is 4.90 Å². The van der Waals surface area contributed by atoms with Crippen LogP contribution in [-0.2, 0) is 19.1 Å². The summed E-state index contributed by atoms with van der Waals surface area (Å²) in [6.07, 6.45) is -1.38. The van der Waals surface area contributed by atoms with Crippen LogP contribution in [0.4, 0.5) is 0 Å². The highest BCUT2D eigenvalue weighted by atomic mass is 35.5. The van der Waals surface area contributed by atoms with E-state index in [0.717, 1.165) is 16.7 Å². The molecule has 1 fully saturated rings. The number of hydrogen-bond donors (Lipinski definition) is 0. The molecule has 0 saturated carbocycles. The van der Waals surface area contributed by atoms with Gasteiger partial charge in [-0.15, -0.1) is 11.6 Å². The van der Waals surface area contributed by atoms with E-state index < -0.39 is 30.4 Å². The van der Waals surface area contributed by atoms with Crippen molar-refractivity contribution >= 4 is 29.4 Å². The number of β-lactam (4-membered cyclic amide) rings is 1. The van der Waals surface area contributed by atoms with Crippen LogP contribution in [0.2, 0.25) is 0 Å². The molecule has 0 radical (unpaired) electrons. The van der Waals surface area contributed by atoms with Gasteiger partial charge in [0.1, 0.15) is 0 Å². The summed E-state index contributed by atoms with van der Waals surface area (Å²) in [7, 11) is 0. The van der Waals surface area contributed by atoms with Crippen LogP contribution in [0.1, 0.15) is 22.8 Å². The second-order valence-corrected chi connectivity index (χ2v) is 8.60. The molecule has 3 atom stereocenters. The lowest BCUT2D eigenvalue weighted by atomic mass is 9.97. The summed E-state index contributed by atoms with van der Waals surface area (Å²) in [5.74, 6) is -0.608.